The van der Waals surface area contributed by atoms with Crippen molar-refractivity contribution in [2.45, 2.75) is 95.2 Å². The molecular formula is C52H69N7O15. The summed E-state index contributed by atoms with van der Waals surface area (Å²) in [5.41, 5.74) is 10.2. The molecule has 2 aromatic carbocycles. The molecule has 1 saturated carbocycles. The van der Waals surface area contributed by atoms with E-state index in [0.29, 0.717) is 12.8 Å². The minimum absolute atomic E-state index is 0.0710. The van der Waals surface area contributed by atoms with Crippen LogP contribution in [0.25, 0.3) is 33.8 Å². The lowest BCUT2D eigenvalue weighted by Gasteiger charge is -2.46. The first kappa shape index (κ1) is 59.9. The van der Waals surface area contributed by atoms with Gasteiger partial charge in [0.25, 0.3) is 0 Å². The summed E-state index contributed by atoms with van der Waals surface area (Å²) in [6.45, 7) is 6.65. The number of carboxylic acid groups (broad SMARTS) is 2. The molecule has 4 aromatic heterocycles. The van der Waals surface area contributed by atoms with Crippen LogP contribution in [0.2, 0.25) is 0 Å². The van der Waals surface area contributed by atoms with Crippen LogP contribution in [0, 0.1) is 27.7 Å². The third-order valence-corrected chi connectivity index (χ3v) is 12.2. The maximum atomic E-state index is 12.3. The van der Waals surface area contributed by atoms with E-state index >= 15 is 0 Å². The van der Waals surface area contributed by atoms with Crippen molar-refractivity contribution in [3.05, 3.63) is 119 Å². The highest BCUT2D eigenvalue weighted by Gasteiger charge is 2.51. The molecule has 0 aliphatic heterocycles. The number of fused-ring (bicyclic) bond motifs is 2. The molecule has 0 spiro atoms. The van der Waals surface area contributed by atoms with Crippen molar-refractivity contribution >= 4 is 35.0 Å². The van der Waals surface area contributed by atoms with Crippen LogP contribution >= 0.6 is 0 Å². The number of imidazole rings is 2. The zero-order chi connectivity index (χ0) is 55.4. The Morgan fingerprint density at radius 3 is 1.31 bits per heavy atom. The fraction of sp³-hybridized carbons (Fsp3) is 0.423. The smallest absolute Gasteiger partial charge is 0.335 e. The highest BCUT2D eigenvalue weighted by molar-refractivity contribution is 5.83. The number of amides is 2. The lowest BCUT2D eigenvalue weighted by Crippen LogP contribution is -2.68. The predicted octanol–water partition coefficient (Wildman–Crippen LogP) is -0.117. The number of aliphatic hydroxyl groups excluding tert-OH is 8. The minimum atomic E-state index is -2.27. The molecule has 2 unspecified atom stereocenters. The first-order chi connectivity index (χ1) is 34.8. The van der Waals surface area contributed by atoms with Crippen molar-refractivity contribution < 1.29 is 75.3 Å². The average molecular weight is 1030 g/mol. The van der Waals surface area contributed by atoms with Gasteiger partial charge >= 0.3 is 11.9 Å². The molecule has 2 amide bonds. The second-order valence-corrected chi connectivity index (χ2v) is 18.6. The van der Waals surface area contributed by atoms with E-state index in [1.54, 1.807) is 38.0 Å². The van der Waals surface area contributed by atoms with E-state index in [9.17, 15) is 39.6 Å². The Kier molecular flexibility index (Phi) is 21.4. The average Bonchev–Trinajstić information content (AvgIpc) is 3.90. The second-order valence-electron chi connectivity index (χ2n) is 18.6. The topological polar surface area (TPSA) is 344 Å². The summed E-state index contributed by atoms with van der Waals surface area (Å²) in [5, 5.41) is 101. The molecule has 4 heterocycles. The third-order valence-electron chi connectivity index (χ3n) is 12.2. The Morgan fingerprint density at radius 2 is 0.986 bits per heavy atom. The highest BCUT2D eigenvalue weighted by Crippen LogP contribution is 2.31. The second kappa shape index (κ2) is 26.5. The minimum Gasteiger partial charge on any atom is -0.479 e. The lowest BCUT2D eigenvalue weighted by atomic mass is 9.76. The number of nitrogens with zero attached hydrogens (tertiary/aromatic N) is 6. The van der Waals surface area contributed by atoms with E-state index in [0.717, 1.165) is 56.3 Å². The fourth-order valence-corrected chi connectivity index (χ4v) is 7.64. The number of carbonyl (C=O) groups is 4. The Bertz CT molecular complexity index is 2660. The van der Waals surface area contributed by atoms with Gasteiger partial charge in [-0.1, -0.05) is 71.8 Å². The molecule has 6 aromatic rings. The maximum absolute atomic E-state index is 12.3. The van der Waals surface area contributed by atoms with Gasteiger partial charge in [-0.3, -0.25) is 9.59 Å². The van der Waals surface area contributed by atoms with Gasteiger partial charge in [-0.2, -0.15) is 0 Å². The number of benzene rings is 2. The van der Waals surface area contributed by atoms with E-state index in [4.69, 9.17) is 45.7 Å². The summed E-state index contributed by atoms with van der Waals surface area (Å²) in [7, 11) is 7.12. The highest BCUT2D eigenvalue weighted by atomic mass is 16.4. The van der Waals surface area contributed by atoms with E-state index in [1.165, 1.54) is 11.1 Å². The van der Waals surface area contributed by atoms with Gasteiger partial charge in [0, 0.05) is 57.8 Å². The Labute approximate surface area is 427 Å². The number of carboxylic acids is 2. The molecule has 1 aliphatic rings. The number of rotatable bonds is 14. The van der Waals surface area contributed by atoms with E-state index < -0.39 is 80.0 Å². The van der Waals surface area contributed by atoms with Crippen molar-refractivity contribution in [2.75, 3.05) is 48.0 Å². The number of aliphatic carboxylic acids is 2. The van der Waals surface area contributed by atoms with E-state index in [-0.39, 0.29) is 18.2 Å². The third kappa shape index (κ3) is 15.2. The molecule has 402 valence electrons. The molecule has 74 heavy (non-hydrogen) atoms. The van der Waals surface area contributed by atoms with Crippen LogP contribution < -0.4 is 5.32 Å². The largest absolute Gasteiger partial charge is 0.479 e. The van der Waals surface area contributed by atoms with Gasteiger partial charge in [-0.25, -0.2) is 19.6 Å². The number of pyridine rings is 2. The molecule has 0 bridgehead atoms. The summed E-state index contributed by atoms with van der Waals surface area (Å²) < 4.78 is 4.07. The Morgan fingerprint density at radius 1 is 0.622 bits per heavy atom. The summed E-state index contributed by atoms with van der Waals surface area (Å²) in [4.78, 5) is 56.8. The number of hydrogen-bond donors (Lipinski definition) is 12. The molecule has 1 fully saturated rings. The van der Waals surface area contributed by atoms with Crippen LogP contribution in [0.15, 0.2) is 85.2 Å². The normalized spacial score (nSPS) is 19.0. The zero-order valence-corrected chi connectivity index (χ0v) is 42.6. The van der Waals surface area contributed by atoms with Crippen molar-refractivity contribution in [3.8, 4) is 22.5 Å². The summed E-state index contributed by atoms with van der Waals surface area (Å²) >= 11 is 0. The molecule has 7 rings (SSSR count). The number of aryl methyl sites for hydroxylation is 4. The van der Waals surface area contributed by atoms with E-state index in [1.807, 2.05) is 59.3 Å². The summed E-state index contributed by atoms with van der Waals surface area (Å²) in [6, 6.07) is 23.0. The molecule has 0 saturated heterocycles. The molecule has 22 nitrogen and oxygen atoms in total. The maximum Gasteiger partial charge on any atom is 0.335 e. The SMILES string of the molecule is Cc1ccc(-c2nc3ccc(C)cn3c2CC(=O)N(C)C)cc1.Cc1ccc(-c2nc3ccc(C)cn3c2CC(=O)N(C)C)cc1.O=C(O)C(O)C(O)C(=O)O.OCC(CO)N[C@H]1C[C@](O)(CO)[C@@H](O)[C@H](O)[C@H]1O. The molecular weight excluding hydrogens is 963 g/mol. The zero-order valence-electron chi connectivity index (χ0n) is 42.6. The Hall–Kier alpha value is -6.70. The molecule has 22 heteroatoms. The molecule has 7 atom stereocenters. The number of hydrogen-bond acceptors (Lipinski definition) is 16. The van der Waals surface area contributed by atoms with Crippen LogP contribution in [0.5, 0.6) is 0 Å². The number of carbonyl (C=O) groups excluding carboxylic acids is 2. The van der Waals surface area contributed by atoms with Gasteiger partial charge in [0.05, 0.1) is 67.6 Å². The summed E-state index contributed by atoms with van der Waals surface area (Å²) in [6.07, 6.45) is -4.69. The monoisotopic (exact) mass is 1030 g/mol. The first-order valence-electron chi connectivity index (χ1n) is 23.4. The summed E-state index contributed by atoms with van der Waals surface area (Å²) in [5.74, 6) is -3.40. The van der Waals surface area contributed by atoms with Crippen molar-refractivity contribution in [3.63, 3.8) is 0 Å². The number of aromatic nitrogens is 4. The first-order valence-corrected chi connectivity index (χ1v) is 23.4. The van der Waals surface area contributed by atoms with Gasteiger partial charge in [-0.05, 0) is 57.4 Å². The quantitative estimate of drug-likeness (QED) is 0.0677. The van der Waals surface area contributed by atoms with Crippen LogP contribution in [0.3, 0.4) is 0 Å². The molecule has 1 aliphatic carbocycles. The van der Waals surface area contributed by atoms with Crippen molar-refractivity contribution in [2.24, 2.45) is 0 Å². The van der Waals surface area contributed by atoms with Gasteiger partial charge < -0.3 is 80.1 Å². The molecule has 0 radical (unpaired) electrons. The number of nitrogens with one attached hydrogen (secondary N) is 1. The van der Waals surface area contributed by atoms with Crippen LogP contribution in [0.1, 0.15) is 40.1 Å². The van der Waals surface area contributed by atoms with E-state index in [2.05, 4.69) is 67.7 Å². The number of aliphatic hydroxyl groups is 9. The van der Waals surface area contributed by atoms with Crippen molar-refractivity contribution in [1.82, 2.24) is 33.9 Å². The number of likely N-dealkylation sites (N-methyl/N-ethyl adjacent to an activating group) is 2. The Balaban J connectivity index is 0.000000222. The van der Waals surface area contributed by atoms with Gasteiger partial charge in [0.2, 0.25) is 11.8 Å². The van der Waals surface area contributed by atoms with Gasteiger partial charge in [-0.15, -0.1) is 0 Å². The molecule has 12 N–H and O–H groups in total. The van der Waals surface area contributed by atoms with Crippen LogP contribution in [0.4, 0.5) is 0 Å². The van der Waals surface area contributed by atoms with Gasteiger partial charge in [0.1, 0.15) is 29.1 Å². The standard InChI is InChI=1S/2C19H21N3O.C10H21NO7.C4H6O6/c2*1-13-5-8-15(9-6-13)19-16(11-18(23)21(3)4)22-12-14(2)7-10-17(22)20-19;12-2-5(3-13)11-6-1-10(18,4-14)9(17)8(16)7(6)15;5-1(3(7)8)2(6)4(9)10/h2*5-10,12H,11H2,1-4H3;5-9,11-18H,1-4H2;1-2,5-6H,(H,7,8)(H,9,10)/t;;6-,7-,8+,9-,10-;/m..0./s1. The fourth-order valence-electron chi connectivity index (χ4n) is 7.64. The van der Waals surface area contributed by atoms with Crippen LogP contribution in [-0.4, -0.2) is 205 Å². The van der Waals surface area contributed by atoms with Gasteiger partial charge in [0.15, 0.2) is 12.2 Å². The predicted molar refractivity (Wildman–Crippen MR) is 272 cm³/mol. The lowest BCUT2D eigenvalue weighted by molar-refractivity contribution is -0.207. The van der Waals surface area contributed by atoms with Crippen LogP contribution in [-0.2, 0) is 32.0 Å². The van der Waals surface area contributed by atoms with Crippen molar-refractivity contribution in [1.29, 1.82) is 0 Å².